The van der Waals surface area contributed by atoms with Crippen LogP contribution in [0.5, 0.6) is 0 Å². The largest absolute Gasteiger partial charge is 0.351 e. The molecule has 0 radical (unpaired) electrons. The highest BCUT2D eigenvalue weighted by Crippen LogP contribution is 2.24. The summed E-state index contributed by atoms with van der Waals surface area (Å²) >= 11 is 0. The third kappa shape index (κ3) is 3.45. The number of imidazole rings is 1. The Balaban J connectivity index is 1.90. The van der Waals surface area contributed by atoms with Crippen LogP contribution in [0.15, 0.2) is 42.5 Å². The fraction of sp³-hybridized carbons (Fsp3) is 0.118. The summed E-state index contributed by atoms with van der Waals surface area (Å²) in [6.45, 7) is 0.285. The summed E-state index contributed by atoms with van der Waals surface area (Å²) in [5.74, 6) is 0.206. The van der Waals surface area contributed by atoms with Crippen LogP contribution >= 0.6 is 0 Å². The van der Waals surface area contributed by atoms with Crippen molar-refractivity contribution >= 4 is 22.6 Å². The monoisotopic (exact) mass is 335 g/mol. The first-order valence-electron chi connectivity index (χ1n) is 7.48. The van der Waals surface area contributed by atoms with Crippen molar-refractivity contribution in [1.29, 1.82) is 5.26 Å². The van der Waals surface area contributed by atoms with Crippen LogP contribution in [0.25, 0.3) is 22.4 Å². The molecule has 0 saturated carbocycles. The van der Waals surface area contributed by atoms with Crippen LogP contribution in [0.2, 0.25) is 0 Å². The molecule has 1 heterocycles. The molecule has 124 valence electrons. The smallest absolute Gasteiger partial charge is 0.270 e. The van der Waals surface area contributed by atoms with Gasteiger partial charge in [0.2, 0.25) is 0 Å². The van der Waals surface area contributed by atoms with Crippen LogP contribution in [-0.4, -0.2) is 27.3 Å². The molecule has 0 fully saturated rings. The molecule has 0 aliphatic heterocycles. The van der Waals surface area contributed by atoms with E-state index in [1.165, 1.54) is 12.1 Å². The first-order valence-corrected chi connectivity index (χ1v) is 7.48. The number of aromatic nitrogens is 2. The van der Waals surface area contributed by atoms with Crippen molar-refractivity contribution < 1.29 is 9.72 Å². The lowest BCUT2D eigenvalue weighted by molar-refractivity contribution is -0.384. The van der Waals surface area contributed by atoms with Crippen molar-refractivity contribution in [3.05, 3.63) is 58.1 Å². The van der Waals surface area contributed by atoms with Crippen LogP contribution in [0.1, 0.15) is 16.8 Å². The zero-order chi connectivity index (χ0) is 17.8. The zero-order valence-electron chi connectivity index (χ0n) is 13.0. The van der Waals surface area contributed by atoms with Gasteiger partial charge in [0.15, 0.2) is 0 Å². The molecule has 0 aliphatic carbocycles. The average Bonchev–Trinajstić information content (AvgIpc) is 3.05. The maximum Gasteiger partial charge on any atom is 0.270 e. The normalized spacial score (nSPS) is 10.4. The Kier molecular flexibility index (Phi) is 4.39. The number of fused-ring (bicyclic) bond motifs is 1. The van der Waals surface area contributed by atoms with Crippen molar-refractivity contribution in [3.63, 3.8) is 0 Å². The lowest BCUT2D eigenvalue weighted by Crippen LogP contribution is -2.24. The Morgan fingerprint density at radius 3 is 2.92 bits per heavy atom. The first-order chi connectivity index (χ1) is 12.1. The molecule has 0 aliphatic rings. The molecule has 1 amide bonds. The summed E-state index contributed by atoms with van der Waals surface area (Å²) in [4.78, 5) is 30.0. The molecule has 2 aromatic carbocycles. The van der Waals surface area contributed by atoms with Gasteiger partial charge in [0.25, 0.3) is 11.6 Å². The molecular weight excluding hydrogens is 322 g/mol. The molecule has 2 N–H and O–H groups in total. The number of nitrogens with zero attached hydrogens (tertiary/aromatic N) is 3. The van der Waals surface area contributed by atoms with Crippen molar-refractivity contribution in [2.24, 2.45) is 0 Å². The highest BCUT2D eigenvalue weighted by molar-refractivity contribution is 5.97. The molecule has 0 bridgehead atoms. The second kappa shape index (κ2) is 6.80. The molecule has 8 nitrogen and oxygen atoms in total. The number of amides is 1. The van der Waals surface area contributed by atoms with Gasteiger partial charge >= 0.3 is 0 Å². The highest BCUT2D eigenvalue weighted by atomic mass is 16.6. The molecule has 1 aromatic heterocycles. The number of non-ortho nitro benzene ring substituents is 1. The first kappa shape index (κ1) is 16.1. The predicted molar refractivity (Wildman–Crippen MR) is 90.7 cm³/mol. The van der Waals surface area contributed by atoms with E-state index in [0.717, 1.165) is 5.52 Å². The number of H-pyrrole nitrogens is 1. The van der Waals surface area contributed by atoms with Crippen LogP contribution in [0.3, 0.4) is 0 Å². The van der Waals surface area contributed by atoms with E-state index in [1.807, 2.05) is 6.07 Å². The van der Waals surface area contributed by atoms with Crippen LogP contribution in [0.4, 0.5) is 5.69 Å². The number of hydrogen-bond acceptors (Lipinski definition) is 5. The minimum atomic E-state index is -0.462. The number of hydrogen-bond donors (Lipinski definition) is 2. The Morgan fingerprint density at radius 2 is 2.16 bits per heavy atom. The van der Waals surface area contributed by atoms with Gasteiger partial charge in [0.1, 0.15) is 5.82 Å². The SMILES string of the molecule is N#CCCNC(=O)c1ccc2[nH]c(-c3cccc([N+](=O)[O-])c3)nc2c1. The Bertz CT molecular complexity index is 1000. The molecule has 0 atom stereocenters. The molecule has 8 heteroatoms. The Labute approximate surface area is 142 Å². The van der Waals surface area contributed by atoms with Gasteiger partial charge in [0, 0.05) is 29.8 Å². The predicted octanol–water partition coefficient (Wildman–Crippen LogP) is 2.78. The van der Waals surface area contributed by atoms with E-state index in [1.54, 1.807) is 30.3 Å². The number of nitriles is 1. The van der Waals surface area contributed by atoms with Crippen LogP contribution in [0, 0.1) is 21.4 Å². The third-order valence-corrected chi connectivity index (χ3v) is 3.60. The third-order valence-electron chi connectivity index (χ3n) is 3.60. The van der Waals surface area contributed by atoms with Gasteiger partial charge in [-0.15, -0.1) is 0 Å². The lowest BCUT2D eigenvalue weighted by atomic mass is 10.2. The quantitative estimate of drug-likeness (QED) is 0.421. The summed E-state index contributed by atoms with van der Waals surface area (Å²) in [6.07, 6.45) is 0.243. The Morgan fingerprint density at radius 1 is 1.32 bits per heavy atom. The number of aromatic amines is 1. The number of rotatable bonds is 5. The van der Waals surface area contributed by atoms with E-state index in [9.17, 15) is 14.9 Å². The molecule has 0 unspecified atom stereocenters. The number of nitro groups is 1. The lowest BCUT2D eigenvalue weighted by Gasteiger charge is -2.02. The molecule has 0 saturated heterocycles. The van der Waals surface area contributed by atoms with Crippen molar-refractivity contribution in [2.75, 3.05) is 6.54 Å². The van der Waals surface area contributed by atoms with Gasteiger partial charge in [-0.2, -0.15) is 5.26 Å². The van der Waals surface area contributed by atoms with Gasteiger partial charge in [0.05, 0.1) is 28.4 Å². The fourth-order valence-electron chi connectivity index (χ4n) is 2.38. The summed E-state index contributed by atoms with van der Waals surface area (Å²) in [7, 11) is 0. The van der Waals surface area contributed by atoms with E-state index in [-0.39, 0.29) is 24.6 Å². The summed E-state index contributed by atoms with van der Waals surface area (Å²) in [5.41, 5.74) is 2.30. The summed E-state index contributed by atoms with van der Waals surface area (Å²) < 4.78 is 0. The van der Waals surface area contributed by atoms with E-state index in [2.05, 4.69) is 15.3 Å². The highest BCUT2D eigenvalue weighted by Gasteiger charge is 2.12. The van der Waals surface area contributed by atoms with E-state index in [0.29, 0.717) is 22.5 Å². The molecule has 3 aromatic rings. The molecule has 3 rings (SSSR count). The Hall–Kier alpha value is -3.73. The summed E-state index contributed by atoms with van der Waals surface area (Å²) in [5, 5.41) is 22.0. The second-order valence-corrected chi connectivity index (χ2v) is 5.29. The van der Waals surface area contributed by atoms with Crippen molar-refractivity contribution in [2.45, 2.75) is 6.42 Å². The second-order valence-electron chi connectivity index (χ2n) is 5.29. The van der Waals surface area contributed by atoms with Gasteiger partial charge < -0.3 is 10.3 Å². The number of carbonyl (C=O) groups is 1. The molecular formula is C17H13N5O3. The average molecular weight is 335 g/mol. The minimum Gasteiger partial charge on any atom is -0.351 e. The van der Waals surface area contributed by atoms with Gasteiger partial charge in [-0.3, -0.25) is 14.9 Å². The van der Waals surface area contributed by atoms with Crippen molar-refractivity contribution in [1.82, 2.24) is 15.3 Å². The molecule has 25 heavy (non-hydrogen) atoms. The minimum absolute atomic E-state index is 0.0180. The number of benzene rings is 2. The summed E-state index contributed by atoms with van der Waals surface area (Å²) in [6, 6.07) is 13.1. The maximum atomic E-state index is 12.0. The van der Waals surface area contributed by atoms with Gasteiger partial charge in [-0.05, 0) is 18.2 Å². The van der Waals surface area contributed by atoms with E-state index < -0.39 is 4.92 Å². The zero-order valence-corrected chi connectivity index (χ0v) is 13.0. The van der Waals surface area contributed by atoms with Gasteiger partial charge in [-0.1, -0.05) is 12.1 Å². The number of nitro benzene ring substituents is 1. The van der Waals surface area contributed by atoms with E-state index >= 15 is 0 Å². The fourth-order valence-corrected chi connectivity index (χ4v) is 2.38. The number of carbonyl (C=O) groups excluding carboxylic acids is 1. The van der Waals surface area contributed by atoms with E-state index in [4.69, 9.17) is 5.26 Å². The maximum absolute atomic E-state index is 12.0. The van der Waals surface area contributed by atoms with Crippen LogP contribution < -0.4 is 5.32 Å². The van der Waals surface area contributed by atoms with Gasteiger partial charge in [-0.25, -0.2) is 4.98 Å². The molecule has 0 spiro atoms. The standard InChI is InChI=1S/C17H13N5O3/c18-7-2-8-19-17(23)12-5-6-14-15(10-12)21-16(20-14)11-3-1-4-13(9-11)22(24)25/h1,3-6,9-10H,2,8H2,(H,19,23)(H,20,21). The number of nitrogens with one attached hydrogen (secondary N) is 2. The van der Waals surface area contributed by atoms with Crippen LogP contribution in [-0.2, 0) is 0 Å². The van der Waals surface area contributed by atoms with Crippen molar-refractivity contribution in [3.8, 4) is 17.5 Å². The topological polar surface area (TPSA) is 125 Å².